The average Bonchev–Trinajstić information content (AvgIpc) is 2.42. The van der Waals surface area contributed by atoms with Gasteiger partial charge in [0.2, 0.25) is 0 Å². The zero-order valence-corrected chi connectivity index (χ0v) is 11.6. The van der Waals surface area contributed by atoms with Crippen molar-refractivity contribution >= 4 is 28.9 Å². The van der Waals surface area contributed by atoms with E-state index in [1.54, 1.807) is 24.3 Å². The van der Waals surface area contributed by atoms with Gasteiger partial charge in [0.1, 0.15) is 5.82 Å². The van der Waals surface area contributed by atoms with Crippen LogP contribution in [0, 0.1) is 12.7 Å². The second-order valence-corrected chi connectivity index (χ2v) is 4.69. The molecule has 0 aliphatic carbocycles. The van der Waals surface area contributed by atoms with Crippen LogP contribution in [-0.2, 0) is 0 Å². The minimum absolute atomic E-state index is 0.169. The molecular formula is C15H13FN2OS. The van der Waals surface area contributed by atoms with E-state index in [2.05, 4.69) is 10.6 Å². The highest BCUT2D eigenvalue weighted by molar-refractivity contribution is 7.80. The third-order valence-electron chi connectivity index (χ3n) is 2.64. The van der Waals surface area contributed by atoms with Crippen molar-refractivity contribution in [1.29, 1.82) is 0 Å². The highest BCUT2D eigenvalue weighted by Crippen LogP contribution is 2.08. The van der Waals surface area contributed by atoms with E-state index in [4.69, 9.17) is 12.2 Å². The summed E-state index contributed by atoms with van der Waals surface area (Å²) < 4.78 is 12.8. The van der Waals surface area contributed by atoms with E-state index in [0.717, 1.165) is 5.56 Å². The molecule has 102 valence electrons. The van der Waals surface area contributed by atoms with E-state index in [1.165, 1.54) is 12.1 Å². The summed E-state index contributed by atoms with van der Waals surface area (Å²) in [7, 11) is 0. The third kappa shape index (κ3) is 3.86. The normalized spacial score (nSPS) is 9.90. The molecule has 3 nitrogen and oxygen atoms in total. The molecule has 0 bridgehead atoms. The molecule has 0 unspecified atom stereocenters. The van der Waals surface area contributed by atoms with Crippen LogP contribution in [-0.4, -0.2) is 11.0 Å². The van der Waals surface area contributed by atoms with Gasteiger partial charge in [-0.3, -0.25) is 10.1 Å². The lowest BCUT2D eigenvalue weighted by atomic mass is 10.1. The molecule has 2 rings (SSSR count). The van der Waals surface area contributed by atoms with Crippen LogP contribution in [0.2, 0.25) is 0 Å². The monoisotopic (exact) mass is 288 g/mol. The van der Waals surface area contributed by atoms with Crippen molar-refractivity contribution in [2.75, 3.05) is 5.32 Å². The largest absolute Gasteiger partial charge is 0.332 e. The first kappa shape index (κ1) is 14.1. The number of hydrogen-bond donors (Lipinski definition) is 2. The summed E-state index contributed by atoms with van der Waals surface area (Å²) in [5.74, 6) is -0.616. The molecule has 0 atom stereocenters. The van der Waals surface area contributed by atoms with Gasteiger partial charge in [-0.05, 0) is 55.5 Å². The van der Waals surface area contributed by atoms with Crippen LogP contribution in [0.5, 0.6) is 0 Å². The van der Waals surface area contributed by atoms with Crippen molar-refractivity contribution in [3.63, 3.8) is 0 Å². The average molecular weight is 288 g/mol. The Bertz CT molecular complexity index is 623. The van der Waals surface area contributed by atoms with E-state index in [0.29, 0.717) is 11.3 Å². The summed E-state index contributed by atoms with van der Waals surface area (Å²) in [4.78, 5) is 11.9. The number of rotatable bonds is 2. The summed E-state index contributed by atoms with van der Waals surface area (Å²) in [5.41, 5.74) is 2.22. The Morgan fingerprint density at radius 3 is 2.25 bits per heavy atom. The topological polar surface area (TPSA) is 41.1 Å². The van der Waals surface area contributed by atoms with Crippen LogP contribution in [0.15, 0.2) is 48.5 Å². The third-order valence-corrected chi connectivity index (χ3v) is 2.85. The first-order chi connectivity index (χ1) is 9.54. The van der Waals surface area contributed by atoms with E-state index < -0.39 is 0 Å². The van der Waals surface area contributed by atoms with Gasteiger partial charge < -0.3 is 5.32 Å². The van der Waals surface area contributed by atoms with Crippen LogP contribution in [0.3, 0.4) is 0 Å². The van der Waals surface area contributed by atoms with E-state index in [-0.39, 0.29) is 16.8 Å². The maximum absolute atomic E-state index is 12.8. The fraction of sp³-hybridized carbons (Fsp3) is 0.0667. The minimum Gasteiger partial charge on any atom is -0.332 e. The number of hydrogen-bond acceptors (Lipinski definition) is 2. The molecule has 0 radical (unpaired) electrons. The quantitative estimate of drug-likeness (QED) is 0.833. The highest BCUT2D eigenvalue weighted by atomic mass is 32.1. The summed E-state index contributed by atoms with van der Waals surface area (Å²) in [5, 5.41) is 5.55. The molecule has 0 saturated carbocycles. The number of thiocarbonyl (C=S) groups is 1. The van der Waals surface area contributed by atoms with E-state index >= 15 is 0 Å². The van der Waals surface area contributed by atoms with Crippen molar-refractivity contribution < 1.29 is 9.18 Å². The Morgan fingerprint density at radius 1 is 1.05 bits per heavy atom. The van der Waals surface area contributed by atoms with Gasteiger partial charge in [0.15, 0.2) is 5.11 Å². The fourth-order valence-corrected chi connectivity index (χ4v) is 1.79. The lowest BCUT2D eigenvalue weighted by Crippen LogP contribution is -2.34. The lowest BCUT2D eigenvalue weighted by Gasteiger charge is -2.09. The van der Waals surface area contributed by atoms with E-state index in [9.17, 15) is 9.18 Å². The summed E-state index contributed by atoms with van der Waals surface area (Å²) in [6, 6.07) is 12.9. The predicted molar refractivity (Wildman–Crippen MR) is 81.3 cm³/mol. The van der Waals surface area contributed by atoms with E-state index in [1.807, 2.05) is 19.1 Å². The zero-order valence-electron chi connectivity index (χ0n) is 10.8. The Kier molecular flexibility index (Phi) is 4.42. The Hall–Kier alpha value is -2.27. The molecule has 2 aromatic carbocycles. The second kappa shape index (κ2) is 6.25. The molecule has 0 spiro atoms. The number of carbonyl (C=O) groups excluding carboxylic acids is 1. The van der Waals surface area contributed by atoms with Crippen molar-refractivity contribution in [2.24, 2.45) is 0 Å². The van der Waals surface area contributed by atoms with Crippen LogP contribution >= 0.6 is 12.2 Å². The Labute approximate surface area is 121 Å². The summed E-state index contributed by atoms with van der Waals surface area (Å²) in [6.45, 7) is 1.95. The molecule has 2 aromatic rings. The standard InChI is InChI=1S/C15H13FN2OS/c1-10-2-4-11(5-3-10)14(19)18-15(20)17-13-8-6-12(16)7-9-13/h2-9H,1H3,(H2,17,18,19,20). The van der Waals surface area contributed by atoms with Crippen molar-refractivity contribution in [2.45, 2.75) is 6.92 Å². The van der Waals surface area contributed by atoms with Gasteiger partial charge in [-0.1, -0.05) is 17.7 Å². The number of aryl methyl sites for hydroxylation is 1. The molecule has 0 aromatic heterocycles. The minimum atomic E-state index is -0.329. The smallest absolute Gasteiger partial charge is 0.257 e. The van der Waals surface area contributed by atoms with Crippen molar-refractivity contribution in [3.05, 3.63) is 65.5 Å². The van der Waals surface area contributed by atoms with Crippen LogP contribution < -0.4 is 10.6 Å². The van der Waals surface area contributed by atoms with Crippen LogP contribution in [0.4, 0.5) is 10.1 Å². The number of anilines is 1. The molecular weight excluding hydrogens is 275 g/mol. The van der Waals surface area contributed by atoms with Gasteiger partial charge in [0, 0.05) is 11.3 Å². The van der Waals surface area contributed by atoms with Gasteiger partial charge in [-0.15, -0.1) is 0 Å². The Balaban J connectivity index is 1.95. The summed E-state index contributed by atoms with van der Waals surface area (Å²) in [6.07, 6.45) is 0. The number of amides is 1. The van der Waals surface area contributed by atoms with Gasteiger partial charge >= 0.3 is 0 Å². The number of halogens is 1. The van der Waals surface area contributed by atoms with Gasteiger partial charge in [0.05, 0.1) is 0 Å². The van der Waals surface area contributed by atoms with Gasteiger partial charge in [-0.2, -0.15) is 0 Å². The summed E-state index contributed by atoms with van der Waals surface area (Å²) >= 11 is 5.03. The molecule has 0 aliphatic rings. The lowest BCUT2D eigenvalue weighted by molar-refractivity contribution is 0.0977. The second-order valence-electron chi connectivity index (χ2n) is 4.28. The van der Waals surface area contributed by atoms with Crippen molar-refractivity contribution in [1.82, 2.24) is 5.32 Å². The molecule has 0 fully saturated rings. The fourth-order valence-electron chi connectivity index (χ4n) is 1.58. The first-order valence-corrected chi connectivity index (χ1v) is 6.40. The molecule has 0 aliphatic heterocycles. The molecule has 2 N–H and O–H groups in total. The highest BCUT2D eigenvalue weighted by Gasteiger charge is 2.07. The maximum atomic E-state index is 12.8. The zero-order chi connectivity index (χ0) is 14.5. The molecule has 0 saturated heterocycles. The predicted octanol–water partition coefficient (Wildman–Crippen LogP) is 3.26. The number of benzene rings is 2. The van der Waals surface area contributed by atoms with Crippen LogP contribution in [0.1, 0.15) is 15.9 Å². The first-order valence-electron chi connectivity index (χ1n) is 5.99. The van der Waals surface area contributed by atoms with Gasteiger partial charge in [-0.25, -0.2) is 4.39 Å². The van der Waals surface area contributed by atoms with Gasteiger partial charge in [0.25, 0.3) is 5.91 Å². The number of carbonyl (C=O) groups is 1. The molecule has 20 heavy (non-hydrogen) atoms. The molecule has 0 heterocycles. The van der Waals surface area contributed by atoms with Crippen LogP contribution in [0.25, 0.3) is 0 Å². The molecule has 1 amide bonds. The SMILES string of the molecule is Cc1ccc(C(=O)NC(=S)Nc2ccc(F)cc2)cc1. The molecule has 5 heteroatoms. The van der Waals surface area contributed by atoms with Crippen molar-refractivity contribution in [3.8, 4) is 0 Å². The number of nitrogens with one attached hydrogen (secondary N) is 2. The Morgan fingerprint density at radius 2 is 1.65 bits per heavy atom. The maximum Gasteiger partial charge on any atom is 0.257 e.